The molecule has 4 rings (SSSR count). The number of aromatic nitrogens is 2. The number of amides is 3. The van der Waals surface area contributed by atoms with E-state index in [0.717, 1.165) is 4.90 Å². The molecule has 0 atom stereocenters. The molecular formula is C20H16N4O5. The number of carbonyl (C=O) groups excluding carboxylic acids is 3. The zero-order chi connectivity index (χ0) is 20.4. The first-order valence-corrected chi connectivity index (χ1v) is 8.76. The van der Waals surface area contributed by atoms with Crippen LogP contribution in [0.25, 0.3) is 11.4 Å². The number of fused-ring (bicyclic) bond motifs is 1. The van der Waals surface area contributed by atoms with Gasteiger partial charge in [-0.05, 0) is 24.3 Å². The molecule has 2 heterocycles. The SMILES string of the molecule is COc1cccc(-c2noc(CNC(=O)CN3C(=O)c4ccccc4C3=O)n2)c1. The molecule has 29 heavy (non-hydrogen) atoms. The van der Waals surface area contributed by atoms with Crippen LogP contribution in [0.15, 0.2) is 53.1 Å². The highest BCUT2D eigenvalue weighted by molar-refractivity contribution is 6.22. The summed E-state index contributed by atoms with van der Waals surface area (Å²) in [6, 6.07) is 13.6. The highest BCUT2D eigenvalue weighted by Gasteiger charge is 2.36. The molecule has 3 amide bonds. The van der Waals surface area contributed by atoms with E-state index < -0.39 is 17.7 Å². The summed E-state index contributed by atoms with van der Waals surface area (Å²) in [6.45, 7) is -0.414. The maximum absolute atomic E-state index is 12.3. The summed E-state index contributed by atoms with van der Waals surface area (Å²) in [5.41, 5.74) is 1.30. The Morgan fingerprint density at radius 1 is 1.10 bits per heavy atom. The van der Waals surface area contributed by atoms with Crippen LogP contribution in [-0.4, -0.2) is 46.4 Å². The zero-order valence-corrected chi connectivity index (χ0v) is 15.4. The summed E-state index contributed by atoms with van der Waals surface area (Å²) in [4.78, 5) is 42.0. The molecule has 0 fully saturated rings. The van der Waals surface area contributed by atoms with Crippen LogP contribution in [0, 0.1) is 0 Å². The Morgan fingerprint density at radius 3 is 2.52 bits per heavy atom. The number of nitrogens with zero attached hydrogens (tertiary/aromatic N) is 3. The smallest absolute Gasteiger partial charge is 0.262 e. The molecule has 0 saturated heterocycles. The number of ether oxygens (including phenoxy) is 1. The highest BCUT2D eigenvalue weighted by Crippen LogP contribution is 2.22. The average Bonchev–Trinajstić information content (AvgIpc) is 3.32. The van der Waals surface area contributed by atoms with E-state index in [0.29, 0.717) is 28.3 Å². The summed E-state index contributed by atoms with van der Waals surface area (Å²) in [7, 11) is 1.56. The molecule has 146 valence electrons. The van der Waals surface area contributed by atoms with Gasteiger partial charge in [0.25, 0.3) is 11.8 Å². The lowest BCUT2D eigenvalue weighted by Crippen LogP contribution is -2.40. The van der Waals surface area contributed by atoms with Crippen LogP contribution in [0.4, 0.5) is 0 Å². The predicted octanol–water partition coefficient (Wildman–Crippen LogP) is 1.66. The molecule has 1 aliphatic rings. The second-order valence-electron chi connectivity index (χ2n) is 6.26. The summed E-state index contributed by atoms with van der Waals surface area (Å²) in [5, 5.41) is 6.46. The van der Waals surface area contributed by atoms with E-state index in [2.05, 4.69) is 15.5 Å². The summed E-state index contributed by atoms with van der Waals surface area (Å²) >= 11 is 0. The Hall–Kier alpha value is -4.01. The van der Waals surface area contributed by atoms with Crippen molar-refractivity contribution in [3.8, 4) is 17.1 Å². The second-order valence-corrected chi connectivity index (χ2v) is 6.26. The Bertz CT molecular complexity index is 1070. The van der Waals surface area contributed by atoms with Gasteiger partial charge < -0.3 is 14.6 Å². The number of hydrogen-bond acceptors (Lipinski definition) is 7. The van der Waals surface area contributed by atoms with Gasteiger partial charge in [-0.15, -0.1) is 0 Å². The van der Waals surface area contributed by atoms with Gasteiger partial charge in [0.05, 0.1) is 24.8 Å². The van der Waals surface area contributed by atoms with Crippen molar-refractivity contribution in [2.45, 2.75) is 6.54 Å². The number of nitrogens with one attached hydrogen (secondary N) is 1. The van der Waals surface area contributed by atoms with Gasteiger partial charge in [-0.1, -0.05) is 29.4 Å². The van der Waals surface area contributed by atoms with E-state index in [9.17, 15) is 14.4 Å². The van der Waals surface area contributed by atoms with E-state index in [1.54, 1.807) is 55.6 Å². The lowest BCUT2D eigenvalue weighted by molar-refractivity contribution is -0.121. The van der Waals surface area contributed by atoms with Crippen LogP contribution in [0.1, 0.15) is 26.6 Å². The molecule has 9 nitrogen and oxygen atoms in total. The fourth-order valence-corrected chi connectivity index (χ4v) is 2.96. The van der Waals surface area contributed by atoms with Gasteiger partial charge in [0.15, 0.2) is 0 Å². The lowest BCUT2D eigenvalue weighted by atomic mass is 10.1. The first kappa shape index (κ1) is 18.4. The number of hydrogen-bond donors (Lipinski definition) is 1. The van der Waals surface area contributed by atoms with Gasteiger partial charge in [-0.2, -0.15) is 4.98 Å². The van der Waals surface area contributed by atoms with E-state index in [-0.39, 0.29) is 19.0 Å². The van der Waals surface area contributed by atoms with E-state index in [1.165, 1.54) is 0 Å². The first-order chi connectivity index (χ1) is 14.1. The predicted molar refractivity (Wildman–Crippen MR) is 99.9 cm³/mol. The Kier molecular flexibility index (Phi) is 4.78. The zero-order valence-electron chi connectivity index (χ0n) is 15.4. The fourth-order valence-electron chi connectivity index (χ4n) is 2.96. The molecule has 0 unspecified atom stereocenters. The molecule has 1 N–H and O–H groups in total. The van der Waals surface area contributed by atoms with Crippen LogP contribution >= 0.6 is 0 Å². The quantitative estimate of drug-likeness (QED) is 0.635. The van der Waals surface area contributed by atoms with Crippen molar-refractivity contribution in [2.24, 2.45) is 0 Å². The van der Waals surface area contributed by atoms with Crippen molar-refractivity contribution in [1.82, 2.24) is 20.4 Å². The third-order valence-electron chi connectivity index (χ3n) is 4.41. The normalized spacial score (nSPS) is 12.8. The van der Waals surface area contributed by atoms with E-state index in [1.807, 2.05) is 0 Å². The number of benzene rings is 2. The van der Waals surface area contributed by atoms with Crippen molar-refractivity contribution < 1.29 is 23.6 Å². The van der Waals surface area contributed by atoms with Gasteiger partial charge in [0, 0.05) is 5.56 Å². The molecule has 0 bridgehead atoms. The van der Waals surface area contributed by atoms with E-state index >= 15 is 0 Å². The Labute approximate surface area is 165 Å². The van der Waals surface area contributed by atoms with Crippen molar-refractivity contribution in [2.75, 3.05) is 13.7 Å². The number of rotatable bonds is 6. The monoisotopic (exact) mass is 392 g/mol. The third-order valence-corrected chi connectivity index (χ3v) is 4.41. The Morgan fingerprint density at radius 2 is 1.83 bits per heavy atom. The third kappa shape index (κ3) is 3.57. The van der Waals surface area contributed by atoms with Gasteiger partial charge in [-0.3, -0.25) is 19.3 Å². The molecule has 0 saturated carbocycles. The van der Waals surface area contributed by atoms with Gasteiger partial charge in [0.2, 0.25) is 17.6 Å². The van der Waals surface area contributed by atoms with Crippen molar-refractivity contribution in [3.63, 3.8) is 0 Å². The molecule has 1 aromatic heterocycles. The van der Waals surface area contributed by atoms with E-state index in [4.69, 9.17) is 9.26 Å². The minimum Gasteiger partial charge on any atom is -0.497 e. The fraction of sp³-hybridized carbons (Fsp3) is 0.150. The van der Waals surface area contributed by atoms with Crippen molar-refractivity contribution in [3.05, 3.63) is 65.5 Å². The summed E-state index contributed by atoms with van der Waals surface area (Å²) < 4.78 is 10.3. The molecule has 2 aromatic carbocycles. The largest absolute Gasteiger partial charge is 0.497 e. The minimum absolute atomic E-state index is 0.0288. The molecule has 3 aromatic rings. The Balaban J connectivity index is 1.37. The standard InChI is InChI=1S/C20H16N4O5/c1-28-13-6-4-5-12(9-13)18-22-17(29-23-18)10-21-16(25)11-24-19(26)14-7-2-3-8-15(14)20(24)27/h2-9H,10-11H2,1H3,(H,21,25). The topological polar surface area (TPSA) is 115 Å². The van der Waals surface area contributed by atoms with Gasteiger partial charge in [-0.25, -0.2) is 0 Å². The van der Waals surface area contributed by atoms with Crippen LogP contribution in [-0.2, 0) is 11.3 Å². The maximum atomic E-state index is 12.3. The summed E-state index contributed by atoms with van der Waals surface area (Å²) in [6.07, 6.45) is 0. The number of methoxy groups -OCH3 is 1. The maximum Gasteiger partial charge on any atom is 0.262 e. The number of imide groups is 1. The van der Waals surface area contributed by atoms with Crippen LogP contribution < -0.4 is 10.1 Å². The molecule has 0 radical (unpaired) electrons. The highest BCUT2D eigenvalue weighted by atomic mass is 16.5. The average molecular weight is 392 g/mol. The van der Waals surface area contributed by atoms with Crippen LogP contribution in [0.3, 0.4) is 0 Å². The van der Waals surface area contributed by atoms with Crippen molar-refractivity contribution in [1.29, 1.82) is 0 Å². The molecule has 9 heteroatoms. The van der Waals surface area contributed by atoms with Crippen LogP contribution in [0.2, 0.25) is 0 Å². The van der Waals surface area contributed by atoms with Crippen LogP contribution in [0.5, 0.6) is 5.75 Å². The molecular weight excluding hydrogens is 376 g/mol. The first-order valence-electron chi connectivity index (χ1n) is 8.76. The molecule has 0 aliphatic carbocycles. The molecule has 1 aliphatic heterocycles. The number of carbonyl (C=O) groups is 3. The lowest BCUT2D eigenvalue weighted by Gasteiger charge is -2.12. The van der Waals surface area contributed by atoms with Gasteiger partial charge >= 0.3 is 0 Å². The minimum atomic E-state index is -0.513. The van der Waals surface area contributed by atoms with Crippen molar-refractivity contribution >= 4 is 17.7 Å². The molecule has 0 spiro atoms. The van der Waals surface area contributed by atoms with Gasteiger partial charge in [0.1, 0.15) is 12.3 Å². The summed E-state index contributed by atoms with van der Waals surface area (Å²) in [5.74, 6) is -0.284. The second kappa shape index (κ2) is 7.55.